The Labute approximate surface area is 208 Å². The van der Waals surface area contributed by atoms with E-state index in [0.29, 0.717) is 66.1 Å². The fourth-order valence-electron chi connectivity index (χ4n) is 3.41. The second kappa shape index (κ2) is 26.4. The smallest absolute Gasteiger partial charge is 0.119 e. The molecule has 1 aromatic carbocycles. The summed E-state index contributed by atoms with van der Waals surface area (Å²) in [5.41, 5.74) is 0. The maximum Gasteiger partial charge on any atom is 0.119 e. The van der Waals surface area contributed by atoms with Crippen LogP contribution < -0.4 is 4.74 Å². The van der Waals surface area contributed by atoms with Crippen LogP contribution in [-0.4, -0.2) is 72.7 Å². The Morgan fingerprint density at radius 1 is 0.412 bits per heavy atom. The molecule has 1 rings (SSSR count). The van der Waals surface area contributed by atoms with Crippen molar-refractivity contribution in [2.75, 3.05) is 72.7 Å². The molecule has 0 amide bonds. The minimum absolute atomic E-state index is 0.539. The highest BCUT2D eigenvalue weighted by Crippen LogP contribution is 2.10. The monoisotopic (exact) mass is 482 g/mol. The molecule has 0 aliphatic heterocycles. The first-order valence-electron chi connectivity index (χ1n) is 13.5. The second-order valence-electron chi connectivity index (χ2n) is 8.41. The SMILES string of the molecule is CCCCCCCCCCCCOCCOCCOCCOCCOCCOc1ccccc1. The van der Waals surface area contributed by atoms with Gasteiger partial charge in [0.05, 0.1) is 59.5 Å². The topological polar surface area (TPSA) is 55.4 Å². The van der Waals surface area contributed by atoms with Crippen LogP contribution in [0, 0.1) is 0 Å². The molecule has 0 radical (unpaired) electrons. The van der Waals surface area contributed by atoms with Crippen molar-refractivity contribution in [2.45, 2.75) is 71.1 Å². The normalized spacial score (nSPS) is 11.2. The molecule has 0 N–H and O–H groups in total. The van der Waals surface area contributed by atoms with Gasteiger partial charge in [0.1, 0.15) is 12.4 Å². The van der Waals surface area contributed by atoms with Crippen molar-refractivity contribution >= 4 is 0 Å². The van der Waals surface area contributed by atoms with Crippen molar-refractivity contribution in [1.82, 2.24) is 0 Å². The molecule has 0 spiro atoms. The van der Waals surface area contributed by atoms with Gasteiger partial charge >= 0.3 is 0 Å². The Morgan fingerprint density at radius 3 is 1.26 bits per heavy atom. The van der Waals surface area contributed by atoms with Crippen LogP contribution in [0.25, 0.3) is 0 Å². The van der Waals surface area contributed by atoms with E-state index in [1.807, 2.05) is 30.3 Å². The summed E-state index contributed by atoms with van der Waals surface area (Å²) in [6.45, 7) is 8.90. The Bertz CT molecular complexity index is 499. The molecule has 34 heavy (non-hydrogen) atoms. The van der Waals surface area contributed by atoms with Crippen LogP contribution >= 0.6 is 0 Å². The Balaban J connectivity index is 1.64. The number of benzene rings is 1. The minimum Gasteiger partial charge on any atom is -0.491 e. The molecule has 1 aromatic rings. The van der Waals surface area contributed by atoms with Gasteiger partial charge in [-0.2, -0.15) is 0 Å². The third kappa shape index (κ3) is 22.6. The van der Waals surface area contributed by atoms with Crippen molar-refractivity contribution in [3.05, 3.63) is 30.3 Å². The van der Waals surface area contributed by atoms with Crippen LogP contribution in [-0.2, 0) is 23.7 Å². The number of hydrogen-bond acceptors (Lipinski definition) is 6. The van der Waals surface area contributed by atoms with Crippen molar-refractivity contribution in [3.8, 4) is 5.75 Å². The molecule has 198 valence electrons. The van der Waals surface area contributed by atoms with Gasteiger partial charge in [-0.05, 0) is 18.6 Å². The van der Waals surface area contributed by atoms with Gasteiger partial charge in [-0.1, -0.05) is 82.9 Å². The van der Waals surface area contributed by atoms with E-state index >= 15 is 0 Å². The van der Waals surface area contributed by atoms with Gasteiger partial charge in [0.15, 0.2) is 0 Å². The Morgan fingerprint density at radius 2 is 0.794 bits per heavy atom. The van der Waals surface area contributed by atoms with Gasteiger partial charge in [-0.15, -0.1) is 0 Å². The fraction of sp³-hybridized carbons (Fsp3) is 0.786. The number of hydrogen-bond donors (Lipinski definition) is 0. The molecule has 0 saturated carbocycles. The second-order valence-corrected chi connectivity index (χ2v) is 8.41. The van der Waals surface area contributed by atoms with E-state index in [9.17, 15) is 0 Å². The highest BCUT2D eigenvalue weighted by atomic mass is 16.6. The van der Waals surface area contributed by atoms with Crippen LogP contribution in [0.1, 0.15) is 71.1 Å². The molecule has 0 fully saturated rings. The van der Waals surface area contributed by atoms with Gasteiger partial charge in [0.2, 0.25) is 0 Å². The van der Waals surface area contributed by atoms with E-state index in [4.69, 9.17) is 28.4 Å². The molecule has 0 bridgehead atoms. The fourth-order valence-corrected chi connectivity index (χ4v) is 3.41. The average molecular weight is 483 g/mol. The van der Waals surface area contributed by atoms with Crippen LogP contribution in [0.15, 0.2) is 30.3 Å². The maximum atomic E-state index is 5.63. The average Bonchev–Trinajstić information content (AvgIpc) is 2.87. The molecule has 0 saturated heterocycles. The number of para-hydroxylation sites is 1. The van der Waals surface area contributed by atoms with Crippen LogP contribution in [0.5, 0.6) is 5.75 Å². The van der Waals surface area contributed by atoms with Crippen molar-refractivity contribution in [3.63, 3.8) is 0 Å². The van der Waals surface area contributed by atoms with Gasteiger partial charge < -0.3 is 28.4 Å². The van der Waals surface area contributed by atoms with E-state index in [1.54, 1.807) is 0 Å². The van der Waals surface area contributed by atoms with Gasteiger partial charge in [0, 0.05) is 6.61 Å². The van der Waals surface area contributed by atoms with Gasteiger partial charge in [-0.3, -0.25) is 0 Å². The summed E-state index contributed by atoms with van der Waals surface area (Å²) in [6.07, 6.45) is 13.5. The highest BCUT2D eigenvalue weighted by molar-refractivity contribution is 5.20. The summed E-state index contributed by atoms with van der Waals surface area (Å²) in [5, 5.41) is 0. The van der Waals surface area contributed by atoms with E-state index < -0.39 is 0 Å². The first-order valence-corrected chi connectivity index (χ1v) is 13.5. The zero-order valence-corrected chi connectivity index (χ0v) is 21.7. The summed E-state index contributed by atoms with van der Waals surface area (Å²) >= 11 is 0. The number of unbranched alkanes of at least 4 members (excludes halogenated alkanes) is 9. The molecule has 0 heterocycles. The lowest BCUT2D eigenvalue weighted by atomic mass is 10.1. The molecular weight excluding hydrogens is 432 g/mol. The summed E-state index contributed by atoms with van der Waals surface area (Å²) < 4.78 is 33.2. The number of rotatable bonds is 27. The summed E-state index contributed by atoms with van der Waals surface area (Å²) in [4.78, 5) is 0. The van der Waals surface area contributed by atoms with Crippen LogP contribution in [0.4, 0.5) is 0 Å². The standard InChI is InChI=1S/C28H50O6/c1-2-3-4-5-6-7-8-9-10-14-17-29-18-19-30-20-21-31-22-23-32-24-25-33-26-27-34-28-15-12-11-13-16-28/h11-13,15-16H,2-10,14,17-27H2,1H3. The zero-order chi connectivity index (χ0) is 24.2. The van der Waals surface area contributed by atoms with E-state index in [-0.39, 0.29) is 0 Å². The predicted octanol–water partition coefficient (Wildman–Crippen LogP) is 6.07. The maximum absolute atomic E-state index is 5.63. The van der Waals surface area contributed by atoms with Gasteiger partial charge in [0.25, 0.3) is 0 Å². The van der Waals surface area contributed by atoms with Crippen LogP contribution in [0.3, 0.4) is 0 Å². The van der Waals surface area contributed by atoms with Crippen molar-refractivity contribution < 1.29 is 28.4 Å². The van der Waals surface area contributed by atoms with Gasteiger partial charge in [-0.25, -0.2) is 0 Å². The lowest BCUT2D eigenvalue weighted by molar-refractivity contribution is -0.0128. The number of ether oxygens (including phenoxy) is 6. The molecule has 0 aliphatic rings. The summed E-state index contributed by atoms with van der Waals surface area (Å²) in [7, 11) is 0. The van der Waals surface area contributed by atoms with E-state index in [1.165, 1.54) is 57.8 Å². The molecule has 6 heteroatoms. The largest absolute Gasteiger partial charge is 0.491 e. The lowest BCUT2D eigenvalue weighted by Crippen LogP contribution is -2.14. The summed E-state index contributed by atoms with van der Waals surface area (Å²) in [6, 6.07) is 9.73. The molecule has 0 aromatic heterocycles. The first kappa shape index (κ1) is 30.9. The molecule has 0 unspecified atom stereocenters. The molecular formula is C28H50O6. The first-order chi connectivity index (χ1) is 16.9. The highest BCUT2D eigenvalue weighted by Gasteiger charge is 1.96. The third-order valence-electron chi connectivity index (χ3n) is 5.37. The molecule has 6 nitrogen and oxygen atoms in total. The van der Waals surface area contributed by atoms with Crippen molar-refractivity contribution in [2.24, 2.45) is 0 Å². The minimum atomic E-state index is 0.539. The predicted molar refractivity (Wildman–Crippen MR) is 138 cm³/mol. The summed E-state index contributed by atoms with van der Waals surface area (Å²) in [5.74, 6) is 0.861. The molecule has 0 aliphatic carbocycles. The van der Waals surface area contributed by atoms with Crippen molar-refractivity contribution in [1.29, 1.82) is 0 Å². The molecule has 0 atom stereocenters. The van der Waals surface area contributed by atoms with E-state index in [2.05, 4.69) is 6.92 Å². The van der Waals surface area contributed by atoms with Crippen LogP contribution in [0.2, 0.25) is 0 Å². The van der Waals surface area contributed by atoms with E-state index in [0.717, 1.165) is 18.8 Å². The Hall–Kier alpha value is -1.18. The quantitative estimate of drug-likeness (QED) is 0.142. The Kier molecular flexibility index (Phi) is 24.0. The zero-order valence-electron chi connectivity index (χ0n) is 21.7. The third-order valence-corrected chi connectivity index (χ3v) is 5.37. The lowest BCUT2D eigenvalue weighted by Gasteiger charge is -2.08.